The summed E-state index contributed by atoms with van der Waals surface area (Å²) in [6.07, 6.45) is 3.32. The number of hydrogen-bond donors (Lipinski definition) is 3. The number of halogens is 1. The molecule has 2 aromatic carbocycles. The van der Waals surface area contributed by atoms with Crippen molar-refractivity contribution in [2.75, 3.05) is 13.1 Å². The van der Waals surface area contributed by atoms with Crippen LogP contribution in [0.15, 0.2) is 54.6 Å². The second kappa shape index (κ2) is 9.62. The molecule has 1 amide bonds. The van der Waals surface area contributed by atoms with Crippen LogP contribution in [-0.2, 0) is 0 Å². The first-order valence-electron chi connectivity index (χ1n) is 9.62. The zero-order valence-electron chi connectivity index (χ0n) is 15.4. The third-order valence-electron chi connectivity index (χ3n) is 5.22. The van der Waals surface area contributed by atoms with Crippen LogP contribution in [0.4, 0.5) is 4.39 Å². The molecule has 1 fully saturated rings. The zero-order chi connectivity index (χ0) is 19.1. The lowest BCUT2D eigenvalue weighted by atomic mass is 9.86. The van der Waals surface area contributed by atoms with Crippen molar-refractivity contribution in [2.24, 2.45) is 5.92 Å². The molecule has 27 heavy (non-hydrogen) atoms. The van der Waals surface area contributed by atoms with Crippen molar-refractivity contribution in [1.82, 2.24) is 10.6 Å². The topological polar surface area (TPSA) is 61.4 Å². The molecule has 0 heterocycles. The molecule has 1 atom stereocenters. The van der Waals surface area contributed by atoms with Crippen molar-refractivity contribution in [1.29, 1.82) is 0 Å². The van der Waals surface area contributed by atoms with Crippen LogP contribution in [0.1, 0.15) is 47.7 Å². The van der Waals surface area contributed by atoms with Gasteiger partial charge in [0.05, 0.1) is 6.10 Å². The molecule has 1 aliphatic carbocycles. The van der Waals surface area contributed by atoms with E-state index in [1.54, 1.807) is 12.1 Å². The third-order valence-corrected chi connectivity index (χ3v) is 5.22. The zero-order valence-corrected chi connectivity index (χ0v) is 15.4. The van der Waals surface area contributed by atoms with E-state index in [1.165, 1.54) is 12.1 Å². The van der Waals surface area contributed by atoms with E-state index >= 15 is 0 Å². The second-order valence-electron chi connectivity index (χ2n) is 7.29. The van der Waals surface area contributed by atoms with Gasteiger partial charge >= 0.3 is 0 Å². The van der Waals surface area contributed by atoms with Gasteiger partial charge in [0.1, 0.15) is 5.82 Å². The van der Waals surface area contributed by atoms with Gasteiger partial charge in [-0.25, -0.2) is 4.39 Å². The Morgan fingerprint density at radius 3 is 2.52 bits per heavy atom. The Morgan fingerprint density at radius 1 is 1.07 bits per heavy atom. The highest BCUT2D eigenvalue weighted by atomic mass is 19.1. The number of aliphatic hydroxyl groups is 1. The van der Waals surface area contributed by atoms with E-state index in [2.05, 4.69) is 10.6 Å². The monoisotopic (exact) mass is 370 g/mol. The van der Waals surface area contributed by atoms with Crippen molar-refractivity contribution in [3.05, 3.63) is 71.5 Å². The molecule has 144 valence electrons. The molecule has 0 aromatic heterocycles. The number of aliphatic hydroxyl groups excluding tert-OH is 1. The highest BCUT2D eigenvalue weighted by Gasteiger charge is 2.22. The smallest absolute Gasteiger partial charge is 0.251 e. The van der Waals surface area contributed by atoms with Gasteiger partial charge < -0.3 is 15.7 Å². The molecule has 0 spiro atoms. The van der Waals surface area contributed by atoms with Gasteiger partial charge in [0, 0.05) is 18.2 Å². The van der Waals surface area contributed by atoms with E-state index in [4.69, 9.17) is 0 Å². The Hall–Kier alpha value is -2.24. The van der Waals surface area contributed by atoms with Crippen LogP contribution in [-0.4, -0.2) is 30.1 Å². The number of carbonyl (C=O) groups is 1. The van der Waals surface area contributed by atoms with Gasteiger partial charge in [-0.2, -0.15) is 0 Å². The first-order valence-corrected chi connectivity index (χ1v) is 9.62. The maximum atomic E-state index is 13.2. The molecule has 3 N–H and O–H groups in total. The molecular formula is C22H27FN2O2. The molecule has 0 bridgehead atoms. The molecular weight excluding hydrogens is 343 g/mol. The molecule has 0 unspecified atom stereocenters. The third kappa shape index (κ3) is 5.88. The average Bonchev–Trinajstić information content (AvgIpc) is 2.70. The predicted octanol–water partition coefficient (Wildman–Crippen LogP) is 3.44. The number of benzene rings is 2. The highest BCUT2D eigenvalue weighted by molar-refractivity contribution is 5.94. The Balaban J connectivity index is 1.35. The molecule has 1 aliphatic rings. The SMILES string of the molecule is O=C(NC1CCC(CNC[C@H](O)c2cccc(F)c2)CC1)c1ccccc1. The molecule has 0 saturated heterocycles. The van der Waals surface area contributed by atoms with Gasteiger partial charge in [-0.3, -0.25) is 4.79 Å². The van der Waals surface area contributed by atoms with Gasteiger partial charge in [0.25, 0.3) is 5.91 Å². The molecule has 0 radical (unpaired) electrons. The Morgan fingerprint density at radius 2 is 1.81 bits per heavy atom. The fourth-order valence-corrected chi connectivity index (χ4v) is 3.63. The second-order valence-corrected chi connectivity index (χ2v) is 7.29. The van der Waals surface area contributed by atoms with Crippen molar-refractivity contribution >= 4 is 5.91 Å². The number of hydrogen-bond acceptors (Lipinski definition) is 3. The standard InChI is InChI=1S/C22H27FN2O2/c23-19-8-4-7-18(13-19)21(26)15-24-14-16-9-11-20(12-10-16)25-22(27)17-5-2-1-3-6-17/h1-8,13,16,20-21,24,26H,9-12,14-15H2,(H,25,27)/t16?,20?,21-/m0/s1. The Kier molecular flexibility index (Phi) is 6.96. The van der Waals surface area contributed by atoms with Crippen LogP contribution in [0.2, 0.25) is 0 Å². The van der Waals surface area contributed by atoms with E-state index in [0.29, 0.717) is 23.6 Å². The van der Waals surface area contributed by atoms with Gasteiger partial charge in [-0.15, -0.1) is 0 Å². The fraction of sp³-hybridized carbons (Fsp3) is 0.409. The molecule has 2 aromatic rings. The summed E-state index contributed by atoms with van der Waals surface area (Å²) in [7, 11) is 0. The quantitative estimate of drug-likeness (QED) is 0.700. The summed E-state index contributed by atoms with van der Waals surface area (Å²) in [5.41, 5.74) is 1.29. The van der Waals surface area contributed by atoms with Crippen LogP contribution in [0.3, 0.4) is 0 Å². The van der Waals surface area contributed by atoms with Gasteiger partial charge in [-0.1, -0.05) is 30.3 Å². The maximum Gasteiger partial charge on any atom is 0.251 e. The molecule has 3 rings (SSSR count). The van der Waals surface area contributed by atoms with Crippen LogP contribution in [0, 0.1) is 11.7 Å². The largest absolute Gasteiger partial charge is 0.387 e. The average molecular weight is 370 g/mol. The minimum Gasteiger partial charge on any atom is -0.387 e. The normalized spacial score (nSPS) is 20.8. The van der Waals surface area contributed by atoms with E-state index in [9.17, 15) is 14.3 Å². The van der Waals surface area contributed by atoms with Gasteiger partial charge in [0.15, 0.2) is 0 Å². The van der Waals surface area contributed by atoms with E-state index in [1.807, 2.05) is 30.3 Å². The van der Waals surface area contributed by atoms with Crippen LogP contribution in [0.25, 0.3) is 0 Å². The number of nitrogens with one attached hydrogen (secondary N) is 2. The maximum absolute atomic E-state index is 13.2. The summed E-state index contributed by atoms with van der Waals surface area (Å²) in [5, 5.41) is 16.6. The van der Waals surface area contributed by atoms with E-state index in [-0.39, 0.29) is 17.8 Å². The summed E-state index contributed by atoms with van der Waals surface area (Å²) in [4.78, 5) is 12.2. The van der Waals surface area contributed by atoms with Crippen LogP contribution in [0.5, 0.6) is 0 Å². The Labute approximate surface area is 159 Å². The number of amides is 1. The van der Waals surface area contributed by atoms with Crippen molar-refractivity contribution in [2.45, 2.75) is 37.8 Å². The van der Waals surface area contributed by atoms with Crippen LogP contribution < -0.4 is 10.6 Å². The van der Waals surface area contributed by atoms with E-state index in [0.717, 1.165) is 32.2 Å². The van der Waals surface area contributed by atoms with Crippen molar-refractivity contribution in [3.63, 3.8) is 0 Å². The molecule has 0 aliphatic heterocycles. The van der Waals surface area contributed by atoms with Crippen molar-refractivity contribution < 1.29 is 14.3 Å². The summed E-state index contributed by atoms with van der Waals surface area (Å²) < 4.78 is 13.2. The van der Waals surface area contributed by atoms with E-state index < -0.39 is 6.10 Å². The Bertz CT molecular complexity index is 730. The lowest BCUT2D eigenvalue weighted by Crippen LogP contribution is -2.39. The fourth-order valence-electron chi connectivity index (χ4n) is 3.63. The summed E-state index contributed by atoms with van der Waals surface area (Å²) in [5.74, 6) is 0.201. The van der Waals surface area contributed by atoms with Gasteiger partial charge in [-0.05, 0) is 68.0 Å². The number of rotatable bonds is 7. The number of carbonyl (C=O) groups excluding carboxylic acids is 1. The van der Waals surface area contributed by atoms with Crippen LogP contribution >= 0.6 is 0 Å². The highest BCUT2D eigenvalue weighted by Crippen LogP contribution is 2.24. The summed E-state index contributed by atoms with van der Waals surface area (Å²) >= 11 is 0. The lowest BCUT2D eigenvalue weighted by Gasteiger charge is -2.29. The molecule has 1 saturated carbocycles. The first-order chi connectivity index (χ1) is 13.1. The first kappa shape index (κ1) is 19.5. The predicted molar refractivity (Wildman–Crippen MR) is 104 cm³/mol. The minimum absolute atomic E-state index is 0.00427. The van der Waals surface area contributed by atoms with Gasteiger partial charge in [0.2, 0.25) is 0 Å². The summed E-state index contributed by atoms with van der Waals surface area (Å²) in [6.45, 7) is 1.24. The molecule has 4 nitrogen and oxygen atoms in total. The summed E-state index contributed by atoms with van der Waals surface area (Å²) in [6, 6.07) is 15.6. The van der Waals surface area contributed by atoms with Crippen molar-refractivity contribution in [3.8, 4) is 0 Å². The minimum atomic E-state index is -0.706. The lowest BCUT2D eigenvalue weighted by molar-refractivity contribution is 0.0921. The molecule has 5 heteroatoms.